The normalized spacial score (nSPS) is 17.7. The molecule has 1 aliphatic carbocycles. The van der Waals surface area contributed by atoms with Crippen molar-refractivity contribution in [3.05, 3.63) is 66.3 Å². The average Bonchev–Trinajstić information content (AvgIpc) is 2.44. The first kappa shape index (κ1) is 10.3. The maximum atomic E-state index is 4.51. The first-order chi connectivity index (χ1) is 7.22. The van der Waals surface area contributed by atoms with Crippen LogP contribution in [0, 0.1) is 0 Å². The standard InChI is InChI=1S/C14H14S/c1-14(10-6-2-3-7-11-14)12-8-4-5-9-13(12)15/h2-11,15H,1H3. The quantitative estimate of drug-likeness (QED) is 0.673. The number of hydrogen-bond donors (Lipinski definition) is 1. The van der Waals surface area contributed by atoms with Gasteiger partial charge >= 0.3 is 0 Å². The van der Waals surface area contributed by atoms with Crippen molar-refractivity contribution in [2.24, 2.45) is 0 Å². The summed E-state index contributed by atoms with van der Waals surface area (Å²) in [6.45, 7) is 2.20. The Kier molecular flexibility index (Phi) is 2.83. The third kappa shape index (κ3) is 2.07. The number of hydrogen-bond acceptors (Lipinski definition) is 1. The zero-order valence-corrected chi connectivity index (χ0v) is 9.62. The van der Waals surface area contributed by atoms with Crippen LogP contribution in [0.15, 0.2) is 65.6 Å². The highest BCUT2D eigenvalue weighted by Gasteiger charge is 2.21. The lowest BCUT2D eigenvalue weighted by Gasteiger charge is -2.23. The van der Waals surface area contributed by atoms with E-state index in [-0.39, 0.29) is 5.41 Å². The molecule has 1 aliphatic rings. The zero-order chi connectivity index (χ0) is 10.7. The van der Waals surface area contributed by atoms with Gasteiger partial charge in [0, 0.05) is 10.3 Å². The summed E-state index contributed by atoms with van der Waals surface area (Å²) in [4.78, 5) is 1.04. The van der Waals surface area contributed by atoms with Gasteiger partial charge in [0.1, 0.15) is 0 Å². The van der Waals surface area contributed by atoms with E-state index in [1.54, 1.807) is 0 Å². The molecule has 1 heteroatoms. The fourth-order valence-corrected chi connectivity index (χ4v) is 2.20. The van der Waals surface area contributed by atoms with Crippen LogP contribution in [0.2, 0.25) is 0 Å². The first-order valence-electron chi connectivity index (χ1n) is 5.04. The van der Waals surface area contributed by atoms with Gasteiger partial charge in [-0.05, 0) is 18.6 Å². The van der Waals surface area contributed by atoms with Crippen LogP contribution in [0.4, 0.5) is 0 Å². The van der Waals surface area contributed by atoms with E-state index in [1.165, 1.54) is 5.56 Å². The van der Waals surface area contributed by atoms with E-state index >= 15 is 0 Å². The summed E-state index contributed by atoms with van der Waals surface area (Å²) in [6, 6.07) is 8.23. The third-order valence-corrected chi connectivity index (χ3v) is 3.09. The predicted octanol–water partition coefficient (Wildman–Crippen LogP) is 3.92. The zero-order valence-electron chi connectivity index (χ0n) is 8.72. The molecule has 1 aromatic carbocycles. The maximum Gasteiger partial charge on any atom is 0.0300 e. The van der Waals surface area contributed by atoms with Gasteiger partial charge in [-0.3, -0.25) is 0 Å². The second-order valence-electron chi connectivity index (χ2n) is 3.90. The Hall–Kier alpha value is -1.21. The Morgan fingerprint density at radius 2 is 1.53 bits per heavy atom. The molecule has 0 heterocycles. The van der Waals surface area contributed by atoms with Gasteiger partial charge in [0.2, 0.25) is 0 Å². The van der Waals surface area contributed by atoms with Crippen LogP contribution in [-0.2, 0) is 5.41 Å². The Bertz CT molecular complexity index is 422. The van der Waals surface area contributed by atoms with E-state index < -0.39 is 0 Å². The molecule has 0 N–H and O–H groups in total. The second kappa shape index (κ2) is 4.11. The van der Waals surface area contributed by atoms with Gasteiger partial charge in [0.25, 0.3) is 0 Å². The molecule has 0 saturated carbocycles. The summed E-state index contributed by atoms with van der Waals surface area (Å²) in [5.41, 5.74) is 1.19. The molecule has 0 spiro atoms. The highest BCUT2D eigenvalue weighted by Crippen LogP contribution is 2.32. The molecular weight excluding hydrogens is 200 g/mol. The van der Waals surface area contributed by atoms with Crippen LogP contribution in [0.25, 0.3) is 0 Å². The first-order valence-corrected chi connectivity index (χ1v) is 5.49. The smallest absolute Gasteiger partial charge is 0.0300 e. The van der Waals surface area contributed by atoms with Crippen molar-refractivity contribution in [3.8, 4) is 0 Å². The second-order valence-corrected chi connectivity index (χ2v) is 4.38. The average molecular weight is 214 g/mol. The number of rotatable bonds is 1. The summed E-state index contributed by atoms with van der Waals surface area (Å²) in [5, 5.41) is 0. The van der Waals surface area contributed by atoms with E-state index in [0.717, 1.165) is 4.90 Å². The van der Waals surface area contributed by atoms with Gasteiger partial charge in [0.15, 0.2) is 0 Å². The van der Waals surface area contributed by atoms with Gasteiger partial charge in [-0.2, -0.15) is 0 Å². The van der Waals surface area contributed by atoms with Crippen LogP contribution < -0.4 is 0 Å². The Morgan fingerprint density at radius 1 is 0.933 bits per heavy atom. The third-order valence-electron chi connectivity index (χ3n) is 2.70. The highest BCUT2D eigenvalue weighted by atomic mass is 32.1. The minimum absolute atomic E-state index is 0.0537. The summed E-state index contributed by atoms with van der Waals surface area (Å²) >= 11 is 4.51. The van der Waals surface area contributed by atoms with Crippen LogP contribution >= 0.6 is 12.6 Å². The van der Waals surface area contributed by atoms with Crippen molar-refractivity contribution in [1.82, 2.24) is 0 Å². The number of benzene rings is 1. The molecule has 0 atom stereocenters. The fourth-order valence-electron chi connectivity index (χ4n) is 1.80. The predicted molar refractivity (Wildman–Crippen MR) is 68.5 cm³/mol. The number of thiol groups is 1. The molecule has 0 nitrogen and oxygen atoms in total. The van der Waals surface area contributed by atoms with Gasteiger partial charge in [-0.25, -0.2) is 0 Å². The molecule has 0 radical (unpaired) electrons. The molecule has 15 heavy (non-hydrogen) atoms. The van der Waals surface area contributed by atoms with Crippen molar-refractivity contribution in [3.63, 3.8) is 0 Å². The minimum Gasteiger partial charge on any atom is -0.143 e. The monoisotopic (exact) mass is 214 g/mol. The van der Waals surface area contributed by atoms with Gasteiger partial charge in [0.05, 0.1) is 0 Å². The highest BCUT2D eigenvalue weighted by molar-refractivity contribution is 7.80. The maximum absolute atomic E-state index is 4.51. The molecule has 0 aromatic heterocycles. The molecule has 1 aromatic rings. The van der Waals surface area contributed by atoms with E-state index in [4.69, 9.17) is 0 Å². The molecule has 0 saturated heterocycles. The Labute approximate surface area is 96.4 Å². The van der Waals surface area contributed by atoms with E-state index in [1.807, 2.05) is 24.3 Å². The lowest BCUT2D eigenvalue weighted by atomic mass is 9.82. The molecule has 76 valence electrons. The Morgan fingerprint density at radius 3 is 2.13 bits per heavy atom. The molecule has 0 fully saturated rings. The molecular formula is C14H14S. The van der Waals surface area contributed by atoms with Gasteiger partial charge in [-0.15, -0.1) is 12.6 Å². The summed E-state index contributed by atoms with van der Waals surface area (Å²) in [7, 11) is 0. The van der Waals surface area contributed by atoms with Crippen molar-refractivity contribution in [1.29, 1.82) is 0 Å². The van der Waals surface area contributed by atoms with E-state index in [2.05, 4.69) is 56.0 Å². The summed E-state index contributed by atoms with van der Waals surface area (Å²) in [6.07, 6.45) is 12.6. The van der Waals surface area contributed by atoms with Crippen LogP contribution in [0.1, 0.15) is 12.5 Å². The minimum atomic E-state index is -0.0537. The SMILES string of the molecule is CC1(c2ccccc2S)C=CC=CC=C1. The van der Waals surface area contributed by atoms with E-state index in [0.29, 0.717) is 0 Å². The van der Waals surface area contributed by atoms with Crippen LogP contribution in [-0.4, -0.2) is 0 Å². The van der Waals surface area contributed by atoms with E-state index in [9.17, 15) is 0 Å². The molecule has 0 amide bonds. The largest absolute Gasteiger partial charge is 0.143 e. The van der Waals surface area contributed by atoms with Gasteiger partial charge in [-0.1, -0.05) is 54.7 Å². The molecule has 0 unspecified atom stereocenters. The fraction of sp³-hybridized carbons (Fsp3) is 0.143. The van der Waals surface area contributed by atoms with Crippen molar-refractivity contribution in [2.75, 3.05) is 0 Å². The molecule has 2 rings (SSSR count). The van der Waals surface area contributed by atoms with Crippen molar-refractivity contribution < 1.29 is 0 Å². The van der Waals surface area contributed by atoms with Gasteiger partial charge < -0.3 is 0 Å². The lowest BCUT2D eigenvalue weighted by Crippen LogP contribution is -2.15. The van der Waals surface area contributed by atoms with Crippen LogP contribution in [0.3, 0.4) is 0 Å². The van der Waals surface area contributed by atoms with Crippen LogP contribution in [0.5, 0.6) is 0 Å². The topological polar surface area (TPSA) is 0 Å². The molecule has 0 bridgehead atoms. The summed E-state index contributed by atoms with van der Waals surface area (Å²) in [5.74, 6) is 0. The van der Waals surface area contributed by atoms with Crippen molar-refractivity contribution >= 4 is 12.6 Å². The Balaban J connectivity index is 2.50. The number of allylic oxidation sites excluding steroid dienone is 6. The summed E-state index contributed by atoms with van der Waals surface area (Å²) < 4.78 is 0. The molecule has 0 aliphatic heterocycles. The lowest BCUT2D eigenvalue weighted by molar-refractivity contribution is 0.740. The van der Waals surface area contributed by atoms with Crippen molar-refractivity contribution in [2.45, 2.75) is 17.2 Å².